The number of rotatable bonds is 3. The van der Waals surface area contributed by atoms with E-state index in [-0.39, 0.29) is 5.41 Å². The van der Waals surface area contributed by atoms with E-state index in [1.807, 2.05) is 0 Å². The molecule has 0 N–H and O–H groups in total. The molecule has 6 aliphatic carbocycles. The summed E-state index contributed by atoms with van der Waals surface area (Å²) in [7, 11) is 0. The smallest absolute Gasteiger partial charge is 0.0159 e. The van der Waals surface area contributed by atoms with E-state index in [4.69, 9.17) is 0 Å². The Balaban J connectivity index is 0.959. The molecule has 5 aromatic carbocycles. The Morgan fingerprint density at radius 1 is 0.396 bits per heavy atom. The van der Waals surface area contributed by atoms with Crippen molar-refractivity contribution in [3.63, 3.8) is 0 Å². The largest absolute Gasteiger partial charge is 0.0805 e. The van der Waals surface area contributed by atoms with Crippen LogP contribution in [0.15, 0.2) is 182 Å². The van der Waals surface area contributed by atoms with E-state index in [0.29, 0.717) is 47.3 Å². The van der Waals surface area contributed by atoms with E-state index in [9.17, 15) is 0 Å². The Labute approximate surface area is 314 Å². The van der Waals surface area contributed by atoms with Crippen molar-refractivity contribution >= 4 is 16.3 Å². The molecule has 0 heteroatoms. The van der Waals surface area contributed by atoms with Gasteiger partial charge in [-0.2, -0.15) is 0 Å². The fraction of sp³-hybridized carbons (Fsp3) is 0.208. The van der Waals surface area contributed by atoms with E-state index in [2.05, 4.69) is 196 Å². The lowest BCUT2D eigenvalue weighted by Crippen LogP contribution is -2.50. The standard InChI is InChI=1S/C53H44/c1-53(2)50-30-37(24-26-44(50)45-27-25-38(31-51(45)53)36-23-22-33-12-3-4-13-34(33)28-36)35-14-11-15-39(29-35)48-32-49-42-18-6-5-16-40(42)41-17-7-9-20-46(41)52(49)47-21-10-8-19-43(47)48/h3-32,40-43,46-47,49,52H,1-2H3. The summed E-state index contributed by atoms with van der Waals surface area (Å²) in [6.45, 7) is 4.81. The molecule has 0 aromatic heterocycles. The highest BCUT2D eigenvalue weighted by atomic mass is 14.6. The van der Waals surface area contributed by atoms with Crippen molar-refractivity contribution in [2.45, 2.75) is 19.3 Å². The first-order chi connectivity index (χ1) is 26.0. The lowest BCUT2D eigenvalue weighted by Gasteiger charge is -2.55. The number of hydrogen-bond acceptors (Lipinski definition) is 0. The van der Waals surface area contributed by atoms with Gasteiger partial charge in [0.1, 0.15) is 0 Å². The van der Waals surface area contributed by atoms with Gasteiger partial charge in [0.05, 0.1) is 0 Å². The van der Waals surface area contributed by atoms with Crippen LogP contribution >= 0.6 is 0 Å². The Bertz CT molecular complexity index is 2540. The van der Waals surface area contributed by atoms with Crippen LogP contribution in [0.1, 0.15) is 30.5 Å². The molecule has 1 saturated carbocycles. The fourth-order valence-corrected chi connectivity index (χ4v) is 11.3. The van der Waals surface area contributed by atoms with Crippen LogP contribution in [-0.4, -0.2) is 0 Å². The van der Waals surface area contributed by atoms with E-state index in [1.54, 1.807) is 0 Å². The maximum atomic E-state index is 2.72. The Morgan fingerprint density at radius 2 is 0.925 bits per heavy atom. The lowest BCUT2D eigenvalue weighted by atomic mass is 9.48. The van der Waals surface area contributed by atoms with Crippen molar-refractivity contribution < 1.29 is 0 Å². The summed E-state index contributed by atoms with van der Waals surface area (Å²) in [5.41, 5.74) is 13.5. The van der Waals surface area contributed by atoms with Crippen LogP contribution in [-0.2, 0) is 5.41 Å². The minimum absolute atomic E-state index is 0.0986. The van der Waals surface area contributed by atoms with E-state index in [0.717, 1.165) is 0 Å². The van der Waals surface area contributed by atoms with E-state index < -0.39 is 0 Å². The second-order valence-corrected chi connectivity index (χ2v) is 16.8. The average molecular weight is 681 g/mol. The van der Waals surface area contributed by atoms with Crippen molar-refractivity contribution in [3.05, 3.63) is 199 Å². The molecule has 0 aliphatic heterocycles. The second kappa shape index (κ2) is 11.8. The summed E-state index contributed by atoms with van der Waals surface area (Å²) in [5, 5.41) is 2.57. The van der Waals surface area contributed by atoms with Gasteiger partial charge < -0.3 is 0 Å². The van der Waals surface area contributed by atoms with Crippen LogP contribution in [0.5, 0.6) is 0 Å². The molecule has 6 aliphatic rings. The van der Waals surface area contributed by atoms with Gasteiger partial charge in [0.25, 0.3) is 0 Å². The predicted molar refractivity (Wildman–Crippen MR) is 223 cm³/mol. The first kappa shape index (κ1) is 31.1. The van der Waals surface area contributed by atoms with Gasteiger partial charge in [-0.25, -0.2) is 0 Å². The number of benzene rings is 5. The molecule has 5 aromatic rings. The molecule has 8 unspecified atom stereocenters. The van der Waals surface area contributed by atoms with Crippen molar-refractivity contribution in [2.75, 3.05) is 0 Å². The van der Waals surface area contributed by atoms with Crippen LogP contribution < -0.4 is 0 Å². The number of allylic oxidation sites excluding steroid dienone is 14. The number of fused-ring (bicyclic) bond motifs is 12. The quantitative estimate of drug-likeness (QED) is 0.178. The third-order valence-electron chi connectivity index (χ3n) is 13.9. The third-order valence-corrected chi connectivity index (χ3v) is 13.9. The van der Waals surface area contributed by atoms with Gasteiger partial charge in [-0.15, -0.1) is 0 Å². The maximum absolute atomic E-state index is 2.72. The summed E-state index contributed by atoms with van der Waals surface area (Å²) in [6, 6.07) is 39.3. The van der Waals surface area contributed by atoms with Crippen LogP contribution in [0, 0.1) is 47.3 Å². The maximum Gasteiger partial charge on any atom is 0.0159 e. The molecule has 0 radical (unpaired) electrons. The molecule has 0 nitrogen and oxygen atoms in total. The van der Waals surface area contributed by atoms with Gasteiger partial charge in [0, 0.05) is 11.3 Å². The zero-order chi connectivity index (χ0) is 35.3. The van der Waals surface area contributed by atoms with Gasteiger partial charge in [-0.1, -0.05) is 172 Å². The molecular formula is C53H44. The molecule has 256 valence electrons. The summed E-state index contributed by atoms with van der Waals surface area (Å²) in [6.07, 6.45) is 31.6. The molecule has 0 spiro atoms. The summed E-state index contributed by atoms with van der Waals surface area (Å²) in [5.74, 6) is 4.22. The average Bonchev–Trinajstić information content (AvgIpc) is 3.45. The molecule has 53 heavy (non-hydrogen) atoms. The Kier molecular flexibility index (Phi) is 6.91. The highest BCUT2D eigenvalue weighted by Gasteiger charge is 2.52. The summed E-state index contributed by atoms with van der Waals surface area (Å²) < 4.78 is 0. The zero-order valence-electron chi connectivity index (χ0n) is 30.4. The summed E-state index contributed by atoms with van der Waals surface area (Å²) >= 11 is 0. The second-order valence-electron chi connectivity index (χ2n) is 16.8. The van der Waals surface area contributed by atoms with Crippen LogP contribution in [0.4, 0.5) is 0 Å². The summed E-state index contributed by atoms with van der Waals surface area (Å²) in [4.78, 5) is 0. The Hall–Kier alpha value is -5.46. The minimum atomic E-state index is -0.0986. The van der Waals surface area contributed by atoms with Crippen molar-refractivity contribution in [1.29, 1.82) is 0 Å². The van der Waals surface area contributed by atoms with Gasteiger partial charge in [0.15, 0.2) is 0 Å². The first-order valence-electron chi connectivity index (χ1n) is 19.7. The molecule has 0 amide bonds. The van der Waals surface area contributed by atoms with Crippen molar-refractivity contribution in [1.82, 2.24) is 0 Å². The molecular weight excluding hydrogens is 637 g/mol. The first-order valence-corrected chi connectivity index (χ1v) is 19.7. The SMILES string of the molecule is CC1(C)c2cc(-c3cccc(C4=CC5C6C=CC=CC6C6C=CC=CC6C5C5C=CC=CC45)c3)ccc2-c2ccc(-c3ccc4ccccc4c3)cc21. The lowest BCUT2D eigenvalue weighted by molar-refractivity contribution is 0.0513. The third kappa shape index (κ3) is 4.74. The fourth-order valence-electron chi connectivity index (χ4n) is 11.3. The normalized spacial score (nSPS) is 29.1. The minimum Gasteiger partial charge on any atom is -0.0805 e. The van der Waals surface area contributed by atoms with E-state index >= 15 is 0 Å². The number of hydrogen-bond donors (Lipinski definition) is 0. The van der Waals surface area contributed by atoms with Gasteiger partial charge in [0.2, 0.25) is 0 Å². The Morgan fingerprint density at radius 3 is 1.64 bits per heavy atom. The molecule has 0 bridgehead atoms. The predicted octanol–water partition coefficient (Wildman–Crippen LogP) is 13.2. The van der Waals surface area contributed by atoms with Gasteiger partial charge in [-0.05, 0) is 132 Å². The molecule has 1 fully saturated rings. The van der Waals surface area contributed by atoms with Crippen molar-refractivity contribution in [3.8, 4) is 33.4 Å². The molecule has 0 saturated heterocycles. The molecule has 8 atom stereocenters. The molecule has 11 rings (SSSR count). The zero-order valence-corrected chi connectivity index (χ0v) is 30.4. The van der Waals surface area contributed by atoms with E-state index in [1.165, 1.54) is 66.4 Å². The van der Waals surface area contributed by atoms with Crippen LogP contribution in [0.25, 0.3) is 49.7 Å². The van der Waals surface area contributed by atoms with Crippen LogP contribution in [0.3, 0.4) is 0 Å². The topological polar surface area (TPSA) is 0 Å². The van der Waals surface area contributed by atoms with Crippen molar-refractivity contribution in [2.24, 2.45) is 47.3 Å². The van der Waals surface area contributed by atoms with Gasteiger partial charge >= 0.3 is 0 Å². The monoisotopic (exact) mass is 680 g/mol. The van der Waals surface area contributed by atoms with Crippen LogP contribution in [0.2, 0.25) is 0 Å². The highest BCUT2D eigenvalue weighted by Crippen LogP contribution is 2.59. The molecule has 0 heterocycles. The highest BCUT2D eigenvalue weighted by molar-refractivity contribution is 5.90. The van der Waals surface area contributed by atoms with Gasteiger partial charge in [-0.3, -0.25) is 0 Å².